The number of hydrogen-bond donors (Lipinski definition) is 1. The molecule has 0 fully saturated rings. The van der Waals surface area contributed by atoms with Crippen molar-refractivity contribution in [1.82, 2.24) is 10.3 Å². The fraction of sp³-hybridized carbons (Fsp3) is 0.143. The van der Waals surface area contributed by atoms with Crippen molar-refractivity contribution in [1.29, 1.82) is 0 Å². The van der Waals surface area contributed by atoms with Crippen LogP contribution in [0.2, 0.25) is 0 Å². The van der Waals surface area contributed by atoms with E-state index in [-0.39, 0.29) is 11.6 Å². The summed E-state index contributed by atoms with van der Waals surface area (Å²) in [6, 6.07) is 7.68. The zero-order valence-corrected chi connectivity index (χ0v) is 10.2. The van der Waals surface area contributed by atoms with Crippen LogP contribution in [-0.2, 0) is 0 Å². The quantitative estimate of drug-likeness (QED) is 0.924. The van der Waals surface area contributed by atoms with Gasteiger partial charge in [-0.15, -0.1) is 0 Å². The maximum Gasteiger partial charge on any atom is 0.252 e. The highest BCUT2D eigenvalue weighted by molar-refractivity contribution is 5.94. The molecule has 1 aromatic heterocycles. The van der Waals surface area contributed by atoms with E-state index in [0.717, 1.165) is 18.2 Å². The summed E-state index contributed by atoms with van der Waals surface area (Å²) in [5.41, 5.74) is 0.619. The van der Waals surface area contributed by atoms with Gasteiger partial charge in [-0.25, -0.2) is 8.78 Å². The van der Waals surface area contributed by atoms with Gasteiger partial charge in [0.2, 0.25) is 0 Å². The zero-order chi connectivity index (χ0) is 13.8. The van der Waals surface area contributed by atoms with E-state index >= 15 is 0 Å². The Morgan fingerprint density at radius 3 is 2.47 bits per heavy atom. The maximum absolute atomic E-state index is 13.0. The summed E-state index contributed by atoms with van der Waals surface area (Å²) in [6.07, 6.45) is 1.61. The number of hydrogen-bond acceptors (Lipinski definition) is 2. The van der Waals surface area contributed by atoms with Crippen LogP contribution < -0.4 is 5.32 Å². The minimum atomic E-state index is -0.782. The molecular formula is C14H12F2N2O. The number of pyridine rings is 1. The highest BCUT2D eigenvalue weighted by atomic mass is 19.1. The van der Waals surface area contributed by atoms with Gasteiger partial charge < -0.3 is 5.32 Å². The third-order valence-electron chi connectivity index (χ3n) is 2.60. The average molecular weight is 262 g/mol. The number of benzene rings is 1. The Bertz CT molecular complexity index is 567. The largest absolute Gasteiger partial charge is 0.344 e. The van der Waals surface area contributed by atoms with Gasteiger partial charge in [-0.1, -0.05) is 6.07 Å². The zero-order valence-electron chi connectivity index (χ0n) is 10.2. The number of carbonyl (C=O) groups excluding carboxylic acids is 1. The monoisotopic (exact) mass is 262 g/mol. The van der Waals surface area contributed by atoms with Crippen molar-refractivity contribution in [2.45, 2.75) is 13.0 Å². The predicted octanol–water partition coefficient (Wildman–Crippen LogP) is 2.85. The van der Waals surface area contributed by atoms with Crippen LogP contribution in [0.25, 0.3) is 0 Å². The Kier molecular flexibility index (Phi) is 3.85. The molecule has 0 spiro atoms. The molecule has 0 aliphatic rings. The topological polar surface area (TPSA) is 42.0 Å². The molecule has 1 unspecified atom stereocenters. The number of amides is 1. The van der Waals surface area contributed by atoms with Crippen molar-refractivity contribution in [2.75, 3.05) is 0 Å². The number of carbonyl (C=O) groups is 1. The van der Waals surface area contributed by atoms with Crippen molar-refractivity contribution in [3.63, 3.8) is 0 Å². The third kappa shape index (κ3) is 3.34. The summed E-state index contributed by atoms with van der Waals surface area (Å²) in [7, 11) is 0. The number of halogens is 2. The van der Waals surface area contributed by atoms with E-state index < -0.39 is 17.5 Å². The lowest BCUT2D eigenvalue weighted by Gasteiger charge is -2.13. The molecule has 0 aliphatic heterocycles. The molecule has 19 heavy (non-hydrogen) atoms. The van der Waals surface area contributed by atoms with E-state index in [1.807, 2.05) is 0 Å². The molecule has 1 atom stereocenters. The van der Waals surface area contributed by atoms with Crippen LogP contribution in [0.4, 0.5) is 8.78 Å². The Balaban J connectivity index is 2.13. The van der Waals surface area contributed by atoms with E-state index in [2.05, 4.69) is 10.3 Å². The third-order valence-corrected chi connectivity index (χ3v) is 2.60. The first-order valence-electron chi connectivity index (χ1n) is 5.74. The summed E-state index contributed by atoms with van der Waals surface area (Å²) < 4.78 is 26.0. The van der Waals surface area contributed by atoms with Crippen molar-refractivity contribution < 1.29 is 13.6 Å². The molecule has 3 nitrogen and oxygen atoms in total. The van der Waals surface area contributed by atoms with Crippen LogP contribution >= 0.6 is 0 Å². The maximum atomic E-state index is 13.0. The molecule has 2 aromatic rings. The standard InChI is InChI=1S/C14H12F2N2O/c1-9(13-4-2-3-5-17-13)18-14(19)10-6-11(15)8-12(16)7-10/h2-9H,1H3,(H,18,19). The number of nitrogens with one attached hydrogen (secondary N) is 1. The van der Waals surface area contributed by atoms with Crippen LogP contribution in [0.15, 0.2) is 42.6 Å². The Hall–Kier alpha value is -2.30. The van der Waals surface area contributed by atoms with E-state index in [0.29, 0.717) is 5.69 Å². The molecule has 0 radical (unpaired) electrons. The first-order valence-corrected chi connectivity index (χ1v) is 5.74. The Labute approximate surface area is 109 Å². The summed E-state index contributed by atoms with van der Waals surface area (Å²) in [5, 5.41) is 2.63. The van der Waals surface area contributed by atoms with Crippen molar-refractivity contribution in [2.24, 2.45) is 0 Å². The van der Waals surface area contributed by atoms with Gasteiger partial charge in [0.05, 0.1) is 11.7 Å². The molecule has 1 heterocycles. The molecule has 2 rings (SSSR count). The van der Waals surface area contributed by atoms with Gasteiger partial charge in [-0.05, 0) is 31.2 Å². The summed E-state index contributed by atoms with van der Waals surface area (Å²) >= 11 is 0. The Morgan fingerprint density at radius 1 is 1.21 bits per heavy atom. The van der Waals surface area contributed by atoms with Crippen LogP contribution in [0.5, 0.6) is 0 Å². The summed E-state index contributed by atoms with van der Waals surface area (Å²) in [4.78, 5) is 16.0. The van der Waals surface area contributed by atoms with E-state index in [4.69, 9.17) is 0 Å². The van der Waals surface area contributed by atoms with Crippen molar-refractivity contribution in [3.8, 4) is 0 Å². The van der Waals surface area contributed by atoms with Gasteiger partial charge in [0, 0.05) is 17.8 Å². The van der Waals surface area contributed by atoms with Crippen LogP contribution in [0, 0.1) is 11.6 Å². The lowest BCUT2D eigenvalue weighted by molar-refractivity contribution is 0.0938. The molecule has 1 N–H and O–H groups in total. The number of rotatable bonds is 3. The summed E-state index contributed by atoms with van der Waals surface area (Å²) in [6.45, 7) is 1.75. The lowest BCUT2D eigenvalue weighted by Crippen LogP contribution is -2.27. The van der Waals surface area contributed by atoms with Gasteiger partial charge in [-0.2, -0.15) is 0 Å². The van der Waals surface area contributed by atoms with Crippen molar-refractivity contribution in [3.05, 3.63) is 65.5 Å². The number of aromatic nitrogens is 1. The molecule has 0 saturated carbocycles. The van der Waals surface area contributed by atoms with Crippen LogP contribution in [0.1, 0.15) is 29.0 Å². The highest BCUT2D eigenvalue weighted by Crippen LogP contribution is 2.12. The highest BCUT2D eigenvalue weighted by Gasteiger charge is 2.13. The smallest absolute Gasteiger partial charge is 0.252 e. The van der Waals surface area contributed by atoms with Gasteiger partial charge in [0.15, 0.2) is 0 Å². The molecule has 5 heteroatoms. The first-order chi connectivity index (χ1) is 9.06. The first kappa shape index (κ1) is 13.1. The molecule has 98 valence electrons. The number of nitrogens with zero attached hydrogens (tertiary/aromatic N) is 1. The van der Waals surface area contributed by atoms with E-state index in [1.165, 1.54) is 0 Å². The predicted molar refractivity (Wildman–Crippen MR) is 66.5 cm³/mol. The van der Waals surface area contributed by atoms with Crippen LogP contribution in [0.3, 0.4) is 0 Å². The SMILES string of the molecule is CC(NC(=O)c1cc(F)cc(F)c1)c1ccccn1. The second-order valence-electron chi connectivity index (χ2n) is 4.11. The Morgan fingerprint density at radius 2 is 1.89 bits per heavy atom. The minimum Gasteiger partial charge on any atom is -0.344 e. The molecule has 0 saturated heterocycles. The van der Waals surface area contributed by atoms with Gasteiger partial charge in [0.25, 0.3) is 5.91 Å². The molecule has 1 aromatic carbocycles. The normalized spacial score (nSPS) is 11.9. The minimum absolute atomic E-state index is 0.0553. The second kappa shape index (κ2) is 5.56. The fourth-order valence-electron chi connectivity index (χ4n) is 1.67. The molecule has 0 aliphatic carbocycles. The van der Waals surface area contributed by atoms with Gasteiger partial charge in [-0.3, -0.25) is 9.78 Å². The second-order valence-corrected chi connectivity index (χ2v) is 4.11. The fourth-order valence-corrected chi connectivity index (χ4v) is 1.67. The average Bonchev–Trinajstić information content (AvgIpc) is 2.38. The lowest BCUT2D eigenvalue weighted by atomic mass is 10.1. The van der Waals surface area contributed by atoms with Crippen LogP contribution in [-0.4, -0.2) is 10.9 Å². The van der Waals surface area contributed by atoms with E-state index in [1.54, 1.807) is 31.3 Å². The van der Waals surface area contributed by atoms with E-state index in [9.17, 15) is 13.6 Å². The van der Waals surface area contributed by atoms with Gasteiger partial charge >= 0.3 is 0 Å². The molecular weight excluding hydrogens is 250 g/mol. The molecule has 1 amide bonds. The molecule has 0 bridgehead atoms. The van der Waals surface area contributed by atoms with Gasteiger partial charge in [0.1, 0.15) is 11.6 Å². The van der Waals surface area contributed by atoms with Crippen molar-refractivity contribution >= 4 is 5.91 Å². The summed E-state index contributed by atoms with van der Waals surface area (Å²) in [5.74, 6) is -2.11.